The fourth-order valence-electron chi connectivity index (χ4n) is 9.75. The molecule has 0 unspecified atom stereocenters. The van der Waals surface area contributed by atoms with Crippen molar-refractivity contribution in [2.75, 3.05) is 13.1 Å². The van der Waals surface area contributed by atoms with Gasteiger partial charge in [0.15, 0.2) is 0 Å². The fourth-order valence-corrected chi connectivity index (χ4v) is 9.75. The highest BCUT2D eigenvalue weighted by molar-refractivity contribution is 5.87. The maximum atomic E-state index is 13.0. The number of piperidine rings is 1. The van der Waals surface area contributed by atoms with Gasteiger partial charge in [0.1, 0.15) is 5.78 Å². The molecule has 1 aliphatic heterocycles. The van der Waals surface area contributed by atoms with Crippen molar-refractivity contribution in [1.82, 2.24) is 4.90 Å². The summed E-state index contributed by atoms with van der Waals surface area (Å²) in [5.74, 6) is 1.16. The number of aliphatic hydroxyl groups excluding tert-OH is 2. The first-order valence-corrected chi connectivity index (χ1v) is 10.6. The lowest BCUT2D eigenvalue weighted by molar-refractivity contribution is -0.211. The zero-order valence-corrected chi connectivity index (χ0v) is 15.9. The number of hydrogen-bond acceptors (Lipinski definition) is 4. The number of carbonyl (C=O) groups is 1. The monoisotopic (exact) mass is 357 g/mol. The smallest absolute Gasteiger partial charge is 0.140 e. The standard InChI is InChI=1S/C22H31NO3/c1-4-23-10-20(3)6-5-17(25)22-15(20)7-13(18(22)23)21-9-12(11(2)19(21)26)14(24)8-16(21)22/h12-13,15-19,25-26H,2,4-10H2,1,3H3/t12-,13+,15-,16-,17+,18+,19-,20+,21+,22+/m1/s1. The summed E-state index contributed by atoms with van der Waals surface area (Å²) in [5, 5.41) is 22.8. The Morgan fingerprint density at radius 2 is 2.08 bits per heavy atom. The molecule has 1 heterocycles. The second-order valence-corrected chi connectivity index (χ2v) is 10.7. The summed E-state index contributed by atoms with van der Waals surface area (Å²) >= 11 is 0. The van der Waals surface area contributed by atoms with Gasteiger partial charge in [-0.15, -0.1) is 0 Å². The molecule has 10 atom stereocenters. The molecule has 6 fully saturated rings. The van der Waals surface area contributed by atoms with E-state index in [1.165, 1.54) is 0 Å². The number of carbonyl (C=O) groups excluding carboxylic acids is 1. The van der Waals surface area contributed by atoms with Crippen LogP contribution in [-0.4, -0.2) is 52.2 Å². The molecule has 1 saturated heterocycles. The third-order valence-corrected chi connectivity index (χ3v) is 10.4. The summed E-state index contributed by atoms with van der Waals surface area (Å²) in [4.78, 5) is 15.6. The summed E-state index contributed by atoms with van der Waals surface area (Å²) in [6.45, 7) is 10.9. The van der Waals surface area contributed by atoms with Gasteiger partial charge in [0.25, 0.3) is 0 Å². The van der Waals surface area contributed by atoms with Crippen molar-refractivity contribution in [3.05, 3.63) is 12.2 Å². The fraction of sp³-hybridized carbons (Fsp3) is 0.864. The number of Topliss-reactive ketones (excluding diaryl/α,β-unsaturated/α-hetero) is 1. The number of nitrogens with zero attached hydrogens (tertiary/aromatic N) is 1. The van der Waals surface area contributed by atoms with E-state index in [4.69, 9.17) is 0 Å². The van der Waals surface area contributed by atoms with E-state index in [0.29, 0.717) is 24.3 Å². The largest absolute Gasteiger partial charge is 0.392 e. The lowest BCUT2D eigenvalue weighted by Gasteiger charge is -2.65. The van der Waals surface area contributed by atoms with E-state index in [1.54, 1.807) is 0 Å². The minimum Gasteiger partial charge on any atom is -0.392 e. The van der Waals surface area contributed by atoms with Crippen molar-refractivity contribution in [2.45, 2.75) is 64.2 Å². The average Bonchev–Trinajstić information content (AvgIpc) is 3.14. The lowest BCUT2D eigenvalue weighted by Crippen LogP contribution is -2.68. The quantitative estimate of drug-likeness (QED) is 0.705. The van der Waals surface area contributed by atoms with Crippen LogP contribution < -0.4 is 0 Å². The molecule has 6 rings (SSSR count). The van der Waals surface area contributed by atoms with Gasteiger partial charge in [0.05, 0.1) is 12.2 Å². The molecule has 26 heavy (non-hydrogen) atoms. The molecule has 6 aliphatic rings. The second-order valence-electron chi connectivity index (χ2n) is 10.7. The molecule has 2 N–H and O–H groups in total. The summed E-state index contributed by atoms with van der Waals surface area (Å²) in [7, 11) is 0. The summed E-state index contributed by atoms with van der Waals surface area (Å²) in [6, 6.07) is 0.331. The molecule has 0 aromatic rings. The minimum absolute atomic E-state index is 0.130. The Labute approximate surface area is 155 Å². The molecule has 0 amide bonds. The van der Waals surface area contributed by atoms with Gasteiger partial charge in [-0.3, -0.25) is 9.69 Å². The van der Waals surface area contributed by atoms with Crippen LogP contribution in [-0.2, 0) is 4.79 Å². The van der Waals surface area contributed by atoms with Crippen molar-refractivity contribution in [3.63, 3.8) is 0 Å². The van der Waals surface area contributed by atoms with Crippen LogP contribution in [0.4, 0.5) is 0 Å². The lowest BCUT2D eigenvalue weighted by atomic mass is 9.43. The van der Waals surface area contributed by atoms with Crippen LogP contribution in [0.1, 0.15) is 46.0 Å². The van der Waals surface area contributed by atoms with Crippen LogP contribution in [0.3, 0.4) is 0 Å². The molecule has 4 heteroatoms. The Morgan fingerprint density at radius 1 is 1.31 bits per heavy atom. The first-order chi connectivity index (χ1) is 12.3. The number of fused-ring (bicyclic) bond motifs is 1. The Hall–Kier alpha value is -0.710. The first-order valence-electron chi connectivity index (χ1n) is 10.6. The van der Waals surface area contributed by atoms with E-state index in [2.05, 4.69) is 25.3 Å². The Bertz CT molecular complexity index is 735. The third kappa shape index (κ3) is 1.33. The molecule has 0 aromatic carbocycles. The molecular formula is C22H31NO3. The molecule has 7 bridgehead atoms. The van der Waals surface area contributed by atoms with Crippen LogP contribution in [0.5, 0.6) is 0 Å². The number of likely N-dealkylation sites (tertiary alicyclic amines) is 1. The van der Waals surface area contributed by atoms with E-state index in [0.717, 1.165) is 44.3 Å². The Morgan fingerprint density at radius 3 is 2.81 bits per heavy atom. The third-order valence-electron chi connectivity index (χ3n) is 10.4. The van der Waals surface area contributed by atoms with Gasteiger partial charge in [-0.1, -0.05) is 20.4 Å². The van der Waals surface area contributed by atoms with Gasteiger partial charge in [-0.25, -0.2) is 0 Å². The highest BCUT2D eigenvalue weighted by Crippen LogP contribution is 2.83. The minimum atomic E-state index is -0.561. The SMILES string of the molecule is C=C1[C@H]2C[C@@]3([C@@H]1O)[C@@H](CC2=O)[C@@]12[C@@H]4[C@@H]3C[C@@H]1[C@@](C)(CC[C@@H]2O)CN4CC. The number of ketones is 1. The molecule has 2 spiro atoms. The van der Waals surface area contributed by atoms with E-state index >= 15 is 0 Å². The van der Waals surface area contributed by atoms with Crippen LogP contribution in [0.2, 0.25) is 0 Å². The molecule has 142 valence electrons. The van der Waals surface area contributed by atoms with Crippen molar-refractivity contribution in [1.29, 1.82) is 0 Å². The highest BCUT2D eigenvalue weighted by atomic mass is 16.3. The molecule has 5 aliphatic carbocycles. The maximum absolute atomic E-state index is 13.0. The maximum Gasteiger partial charge on any atom is 0.140 e. The number of rotatable bonds is 1. The van der Waals surface area contributed by atoms with Gasteiger partial charge >= 0.3 is 0 Å². The van der Waals surface area contributed by atoms with Gasteiger partial charge < -0.3 is 10.2 Å². The van der Waals surface area contributed by atoms with Gasteiger partial charge in [0.2, 0.25) is 0 Å². The van der Waals surface area contributed by atoms with Crippen molar-refractivity contribution < 1.29 is 15.0 Å². The zero-order valence-electron chi connectivity index (χ0n) is 15.9. The van der Waals surface area contributed by atoms with Gasteiger partial charge in [-0.2, -0.15) is 0 Å². The first kappa shape index (κ1) is 16.3. The van der Waals surface area contributed by atoms with Crippen LogP contribution >= 0.6 is 0 Å². The van der Waals surface area contributed by atoms with Crippen LogP contribution in [0, 0.1) is 39.9 Å². The number of hydrogen-bond donors (Lipinski definition) is 2. The zero-order chi connectivity index (χ0) is 18.2. The average molecular weight is 357 g/mol. The predicted octanol–water partition coefficient (Wildman–Crippen LogP) is 2.00. The van der Waals surface area contributed by atoms with E-state index in [-0.39, 0.29) is 40.0 Å². The van der Waals surface area contributed by atoms with E-state index in [1.807, 2.05) is 0 Å². The van der Waals surface area contributed by atoms with Gasteiger partial charge in [0, 0.05) is 35.8 Å². The molecular weight excluding hydrogens is 326 g/mol. The van der Waals surface area contributed by atoms with E-state index in [9.17, 15) is 15.0 Å². The summed E-state index contributed by atoms with van der Waals surface area (Å²) < 4.78 is 0. The molecule has 0 radical (unpaired) electrons. The summed E-state index contributed by atoms with van der Waals surface area (Å²) in [5.41, 5.74) is 0.598. The predicted molar refractivity (Wildman–Crippen MR) is 97.2 cm³/mol. The number of aliphatic hydroxyl groups is 2. The van der Waals surface area contributed by atoms with Crippen molar-refractivity contribution in [3.8, 4) is 0 Å². The van der Waals surface area contributed by atoms with E-state index < -0.39 is 6.10 Å². The molecule has 0 aromatic heterocycles. The Balaban J connectivity index is 1.62. The van der Waals surface area contributed by atoms with Crippen molar-refractivity contribution in [2.24, 2.45) is 39.9 Å². The van der Waals surface area contributed by atoms with Gasteiger partial charge in [-0.05, 0) is 61.0 Å². The molecule has 5 saturated carbocycles. The van der Waals surface area contributed by atoms with Crippen LogP contribution in [0.15, 0.2) is 12.2 Å². The topological polar surface area (TPSA) is 60.8 Å². The Kier molecular flexibility index (Phi) is 2.80. The molecule has 4 nitrogen and oxygen atoms in total. The normalized spacial score (nSPS) is 62.7. The highest BCUT2D eigenvalue weighted by Gasteiger charge is 2.85. The second kappa shape index (κ2) is 4.47. The van der Waals surface area contributed by atoms with Crippen LogP contribution in [0.25, 0.3) is 0 Å². The summed E-state index contributed by atoms with van der Waals surface area (Å²) in [6.07, 6.45) is 3.50. The van der Waals surface area contributed by atoms with Crippen molar-refractivity contribution >= 4 is 5.78 Å².